The van der Waals surface area contributed by atoms with Crippen molar-refractivity contribution in [2.45, 2.75) is 82.4 Å². The first kappa shape index (κ1) is 14.8. The molecular weight excluding hydrogens is 248 g/mol. The third-order valence-electron chi connectivity index (χ3n) is 5.85. The van der Waals surface area contributed by atoms with Crippen molar-refractivity contribution in [3.8, 4) is 0 Å². The standard InChI is InChI=1S/C17H32N2O/c1-19(15-6-2-3-7-16(15)20)13-17(10-4-5-11-17)12-18-14-8-9-14/h14-16,18,20H,2-13H2,1H3. The monoisotopic (exact) mass is 280 g/mol. The summed E-state index contributed by atoms with van der Waals surface area (Å²) in [6.07, 6.45) is 12.9. The Hall–Kier alpha value is -0.120. The highest BCUT2D eigenvalue weighted by Crippen LogP contribution is 2.40. The largest absolute Gasteiger partial charge is 0.391 e. The van der Waals surface area contributed by atoms with Crippen LogP contribution in [0.1, 0.15) is 64.2 Å². The van der Waals surface area contributed by atoms with E-state index in [1.165, 1.54) is 70.9 Å². The second kappa shape index (κ2) is 6.33. The van der Waals surface area contributed by atoms with Crippen molar-refractivity contribution in [1.82, 2.24) is 10.2 Å². The van der Waals surface area contributed by atoms with Crippen LogP contribution < -0.4 is 5.32 Å². The first-order valence-electron chi connectivity index (χ1n) is 8.80. The van der Waals surface area contributed by atoms with Crippen LogP contribution in [0.5, 0.6) is 0 Å². The molecule has 20 heavy (non-hydrogen) atoms. The van der Waals surface area contributed by atoms with E-state index < -0.39 is 0 Å². The maximum absolute atomic E-state index is 10.3. The molecule has 2 N–H and O–H groups in total. The molecule has 3 aliphatic rings. The highest BCUT2D eigenvalue weighted by molar-refractivity contribution is 4.94. The Bertz CT molecular complexity index is 310. The Balaban J connectivity index is 1.56. The van der Waals surface area contributed by atoms with Gasteiger partial charge >= 0.3 is 0 Å². The molecule has 0 aromatic rings. The van der Waals surface area contributed by atoms with Gasteiger partial charge in [-0.1, -0.05) is 25.7 Å². The first-order valence-corrected chi connectivity index (χ1v) is 8.80. The van der Waals surface area contributed by atoms with Crippen LogP contribution in [-0.4, -0.2) is 48.3 Å². The van der Waals surface area contributed by atoms with Gasteiger partial charge in [-0.05, 0) is 51.0 Å². The second-order valence-electron chi connectivity index (χ2n) is 7.70. The molecule has 0 heterocycles. The summed E-state index contributed by atoms with van der Waals surface area (Å²) >= 11 is 0. The first-order chi connectivity index (χ1) is 9.69. The summed E-state index contributed by atoms with van der Waals surface area (Å²) in [5, 5.41) is 14.0. The van der Waals surface area contributed by atoms with Crippen molar-refractivity contribution in [1.29, 1.82) is 0 Å². The molecule has 0 aliphatic heterocycles. The summed E-state index contributed by atoms with van der Waals surface area (Å²) in [7, 11) is 2.25. The normalized spacial score (nSPS) is 33.8. The molecule has 0 aromatic heterocycles. The number of hydrogen-bond acceptors (Lipinski definition) is 3. The molecule has 0 bridgehead atoms. The van der Waals surface area contributed by atoms with E-state index >= 15 is 0 Å². The Morgan fingerprint density at radius 2 is 1.75 bits per heavy atom. The van der Waals surface area contributed by atoms with Gasteiger partial charge in [0.05, 0.1) is 6.10 Å². The lowest BCUT2D eigenvalue weighted by Crippen LogP contribution is -2.49. The topological polar surface area (TPSA) is 35.5 Å². The number of aliphatic hydroxyl groups is 1. The van der Waals surface area contributed by atoms with Crippen LogP contribution in [0.2, 0.25) is 0 Å². The van der Waals surface area contributed by atoms with Crippen LogP contribution in [0.4, 0.5) is 0 Å². The average Bonchev–Trinajstić information content (AvgIpc) is 3.17. The fourth-order valence-electron chi connectivity index (χ4n) is 4.42. The molecule has 3 heteroatoms. The number of nitrogens with zero attached hydrogens (tertiary/aromatic N) is 1. The van der Waals surface area contributed by atoms with Gasteiger partial charge in [0.2, 0.25) is 0 Å². The maximum atomic E-state index is 10.3. The Morgan fingerprint density at radius 1 is 1.05 bits per heavy atom. The van der Waals surface area contributed by atoms with Crippen LogP contribution in [-0.2, 0) is 0 Å². The fourth-order valence-corrected chi connectivity index (χ4v) is 4.42. The van der Waals surface area contributed by atoms with Crippen LogP contribution >= 0.6 is 0 Å². The van der Waals surface area contributed by atoms with E-state index in [1.807, 2.05) is 0 Å². The number of nitrogens with one attached hydrogen (secondary N) is 1. The molecule has 3 nitrogen and oxygen atoms in total. The zero-order valence-electron chi connectivity index (χ0n) is 13.1. The summed E-state index contributed by atoms with van der Waals surface area (Å²) in [6, 6.07) is 1.22. The smallest absolute Gasteiger partial charge is 0.0695 e. The van der Waals surface area contributed by atoms with Gasteiger partial charge < -0.3 is 15.3 Å². The second-order valence-corrected chi connectivity index (χ2v) is 7.70. The van der Waals surface area contributed by atoms with Gasteiger partial charge in [0.1, 0.15) is 0 Å². The van der Waals surface area contributed by atoms with E-state index in [0.29, 0.717) is 11.5 Å². The van der Waals surface area contributed by atoms with E-state index in [1.54, 1.807) is 0 Å². The molecule has 3 rings (SSSR count). The van der Waals surface area contributed by atoms with Crippen LogP contribution in [0.3, 0.4) is 0 Å². The van der Waals surface area contributed by atoms with Gasteiger partial charge in [-0.25, -0.2) is 0 Å². The van der Waals surface area contributed by atoms with E-state index in [4.69, 9.17) is 0 Å². The van der Waals surface area contributed by atoms with Gasteiger partial charge in [-0.15, -0.1) is 0 Å². The Morgan fingerprint density at radius 3 is 2.40 bits per heavy atom. The third kappa shape index (κ3) is 3.55. The molecule has 0 aromatic carbocycles. The molecule has 3 saturated carbocycles. The van der Waals surface area contributed by atoms with Crippen molar-refractivity contribution in [3.63, 3.8) is 0 Å². The van der Waals surface area contributed by atoms with Crippen LogP contribution in [0.25, 0.3) is 0 Å². The highest BCUT2D eigenvalue weighted by Gasteiger charge is 2.38. The minimum absolute atomic E-state index is 0.0939. The molecule has 116 valence electrons. The van der Waals surface area contributed by atoms with Crippen molar-refractivity contribution < 1.29 is 5.11 Å². The van der Waals surface area contributed by atoms with Gasteiger partial charge in [0, 0.05) is 25.2 Å². The molecule has 2 unspecified atom stereocenters. The summed E-state index contributed by atoms with van der Waals surface area (Å²) < 4.78 is 0. The summed E-state index contributed by atoms with van der Waals surface area (Å²) in [4.78, 5) is 2.49. The molecule has 0 saturated heterocycles. The average molecular weight is 280 g/mol. The van der Waals surface area contributed by atoms with Gasteiger partial charge in [-0.3, -0.25) is 0 Å². The summed E-state index contributed by atoms with van der Waals surface area (Å²) in [6.45, 7) is 2.37. The van der Waals surface area contributed by atoms with Crippen molar-refractivity contribution in [2.24, 2.45) is 5.41 Å². The predicted molar refractivity (Wildman–Crippen MR) is 82.8 cm³/mol. The minimum Gasteiger partial charge on any atom is -0.391 e. The van der Waals surface area contributed by atoms with E-state index in [9.17, 15) is 5.11 Å². The zero-order chi connectivity index (χ0) is 14.0. The number of likely N-dealkylation sites (N-methyl/N-ethyl adjacent to an activating group) is 1. The van der Waals surface area contributed by atoms with Gasteiger partial charge in [-0.2, -0.15) is 0 Å². The summed E-state index contributed by atoms with van der Waals surface area (Å²) in [5.41, 5.74) is 0.481. The lowest BCUT2D eigenvalue weighted by molar-refractivity contribution is 0.0127. The fraction of sp³-hybridized carbons (Fsp3) is 1.00. The van der Waals surface area contributed by atoms with Crippen LogP contribution in [0, 0.1) is 5.41 Å². The van der Waals surface area contributed by atoms with Gasteiger partial charge in [0.25, 0.3) is 0 Å². The Labute approximate surface area is 124 Å². The highest BCUT2D eigenvalue weighted by atomic mass is 16.3. The third-order valence-corrected chi connectivity index (χ3v) is 5.85. The van der Waals surface area contributed by atoms with E-state index in [-0.39, 0.29) is 6.10 Å². The lowest BCUT2D eigenvalue weighted by Gasteiger charge is -2.41. The summed E-state index contributed by atoms with van der Waals surface area (Å²) in [5.74, 6) is 0. The molecule has 0 spiro atoms. The molecule has 3 aliphatic carbocycles. The van der Waals surface area contributed by atoms with Crippen molar-refractivity contribution in [2.75, 3.05) is 20.1 Å². The van der Waals surface area contributed by atoms with E-state index in [0.717, 1.165) is 12.5 Å². The maximum Gasteiger partial charge on any atom is 0.0695 e. The molecule has 0 amide bonds. The Kier molecular flexibility index (Phi) is 4.68. The molecule has 2 atom stereocenters. The predicted octanol–water partition coefficient (Wildman–Crippen LogP) is 2.53. The van der Waals surface area contributed by atoms with Crippen molar-refractivity contribution in [3.05, 3.63) is 0 Å². The van der Waals surface area contributed by atoms with Crippen LogP contribution in [0.15, 0.2) is 0 Å². The molecule has 3 fully saturated rings. The minimum atomic E-state index is -0.0939. The van der Waals surface area contributed by atoms with E-state index in [2.05, 4.69) is 17.3 Å². The zero-order valence-corrected chi connectivity index (χ0v) is 13.1. The van der Waals surface area contributed by atoms with Crippen molar-refractivity contribution >= 4 is 0 Å². The molecule has 0 radical (unpaired) electrons. The number of rotatable bonds is 6. The van der Waals surface area contributed by atoms with Gasteiger partial charge in [0.15, 0.2) is 0 Å². The molecular formula is C17H32N2O. The SMILES string of the molecule is CN(CC1(CNC2CC2)CCCC1)C1CCCCC1O. The quantitative estimate of drug-likeness (QED) is 0.785. The number of hydrogen-bond donors (Lipinski definition) is 2. The number of aliphatic hydroxyl groups excluding tert-OH is 1. The lowest BCUT2D eigenvalue weighted by atomic mass is 9.83.